The molecule has 68 valence electrons. The molecule has 1 nitrogen and oxygen atoms in total. The topological polar surface area (TPSA) is 26.0 Å². The van der Waals surface area contributed by atoms with Crippen LogP contribution in [-0.2, 0) is 0 Å². The van der Waals surface area contributed by atoms with Gasteiger partial charge in [-0.3, -0.25) is 0 Å². The Hall–Kier alpha value is -0.570. The molecule has 0 radical (unpaired) electrons. The summed E-state index contributed by atoms with van der Waals surface area (Å²) < 4.78 is 1.14. The highest BCUT2D eigenvalue weighted by Crippen LogP contribution is 2.33. The summed E-state index contributed by atoms with van der Waals surface area (Å²) in [5, 5.41) is 2.00. The average molecular weight is 212 g/mol. The number of thiophene rings is 1. The third kappa shape index (κ3) is 1.57. The molecule has 0 saturated heterocycles. The van der Waals surface area contributed by atoms with Crippen LogP contribution in [0.15, 0.2) is 24.3 Å². The normalized spacial score (nSPS) is 13.5. The van der Waals surface area contributed by atoms with E-state index < -0.39 is 0 Å². The van der Waals surface area contributed by atoms with Crippen LogP contribution in [-0.4, -0.2) is 0 Å². The summed E-state index contributed by atoms with van der Waals surface area (Å²) in [6.07, 6.45) is 0. The zero-order valence-corrected chi connectivity index (χ0v) is 8.82. The fraction of sp³-hybridized carbons (Fsp3) is 0.200. The minimum atomic E-state index is 0.0912. The van der Waals surface area contributed by atoms with E-state index in [0.717, 1.165) is 9.72 Å². The van der Waals surface area contributed by atoms with E-state index in [9.17, 15) is 0 Å². The number of halogens is 1. The molecule has 3 heteroatoms. The zero-order valence-electron chi connectivity index (χ0n) is 7.25. The summed E-state index contributed by atoms with van der Waals surface area (Å²) in [7, 11) is 0. The predicted molar refractivity (Wildman–Crippen MR) is 59.4 cm³/mol. The van der Waals surface area contributed by atoms with E-state index in [1.54, 1.807) is 11.3 Å². The molecule has 1 aromatic heterocycles. The van der Waals surface area contributed by atoms with Gasteiger partial charge in [0.2, 0.25) is 0 Å². The lowest BCUT2D eigenvalue weighted by molar-refractivity contribution is 0.839. The smallest absolute Gasteiger partial charge is 0.0584 e. The maximum atomic E-state index is 6.04. The summed E-state index contributed by atoms with van der Waals surface area (Å²) in [6, 6.07) is 8.13. The molecule has 0 saturated carbocycles. The SMILES string of the molecule is CC(N)c1cc2cccc(Cl)c2s1. The minimum absolute atomic E-state index is 0.0912. The van der Waals surface area contributed by atoms with Gasteiger partial charge < -0.3 is 5.73 Å². The molecule has 2 rings (SSSR count). The second-order valence-electron chi connectivity index (χ2n) is 3.10. The van der Waals surface area contributed by atoms with Crippen LogP contribution in [0.2, 0.25) is 5.02 Å². The second-order valence-corrected chi connectivity index (χ2v) is 4.59. The van der Waals surface area contributed by atoms with Crippen molar-refractivity contribution in [2.75, 3.05) is 0 Å². The Morgan fingerprint density at radius 1 is 1.46 bits per heavy atom. The fourth-order valence-corrected chi connectivity index (χ4v) is 2.59. The van der Waals surface area contributed by atoms with Crippen LogP contribution in [0.25, 0.3) is 10.1 Å². The van der Waals surface area contributed by atoms with Crippen LogP contribution >= 0.6 is 22.9 Å². The molecule has 1 aromatic carbocycles. The molecule has 0 amide bonds. The molecule has 2 N–H and O–H groups in total. The van der Waals surface area contributed by atoms with Crippen molar-refractivity contribution in [3.8, 4) is 0 Å². The van der Waals surface area contributed by atoms with E-state index in [0.29, 0.717) is 0 Å². The molecule has 0 aliphatic heterocycles. The number of benzene rings is 1. The summed E-state index contributed by atoms with van der Waals surface area (Å²) in [6.45, 7) is 1.98. The van der Waals surface area contributed by atoms with E-state index in [1.165, 1.54) is 10.3 Å². The van der Waals surface area contributed by atoms with Crippen molar-refractivity contribution in [1.82, 2.24) is 0 Å². The standard InChI is InChI=1S/C10H10ClNS/c1-6(12)9-5-7-3-2-4-8(11)10(7)13-9/h2-6H,12H2,1H3. The average Bonchev–Trinajstić information content (AvgIpc) is 2.49. The zero-order chi connectivity index (χ0) is 9.42. The van der Waals surface area contributed by atoms with Gasteiger partial charge in [0, 0.05) is 10.9 Å². The van der Waals surface area contributed by atoms with E-state index in [2.05, 4.69) is 12.1 Å². The predicted octanol–water partition coefficient (Wildman–Crippen LogP) is 3.57. The molecule has 0 aliphatic rings. The van der Waals surface area contributed by atoms with Gasteiger partial charge >= 0.3 is 0 Å². The van der Waals surface area contributed by atoms with Crippen LogP contribution in [0.5, 0.6) is 0 Å². The maximum Gasteiger partial charge on any atom is 0.0584 e. The van der Waals surface area contributed by atoms with Gasteiger partial charge in [-0.1, -0.05) is 23.7 Å². The van der Waals surface area contributed by atoms with Gasteiger partial charge in [0.05, 0.1) is 9.72 Å². The third-order valence-corrected chi connectivity index (χ3v) is 3.78. The van der Waals surface area contributed by atoms with Gasteiger partial charge in [-0.2, -0.15) is 0 Å². The summed E-state index contributed by atoms with van der Waals surface area (Å²) >= 11 is 7.72. The molecular weight excluding hydrogens is 202 g/mol. The van der Waals surface area contributed by atoms with Crippen LogP contribution < -0.4 is 5.73 Å². The summed E-state index contributed by atoms with van der Waals surface area (Å²) in [5.41, 5.74) is 5.79. The van der Waals surface area contributed by atoms with Gasteiger partial charge in [0.25, 0.3) is 0 Å². The van der Waals surface area contributed by atoms with Crippen LogP contribution in [0.1, 0.15) is 17.8 Å². The highest BCUT2D eigenvalue weighted by atomic mass is 35.5. The first-order valence-electron chi connectivity index (χ1n) is 4.12. The quantitative estimate of drug-likeness (QED) is 0.767. The van der Waals surface area contributed by atoms with Crippen molar-refractivity contribution in [1.29, 1.82) is 0 Å². The van der Waals surface area contributed by atoms with Crippen molar-refractivity contribution in [3.63, 3.8) is 0 Å². The Morgan fingerprint density at radius 2 is 2.23 bits per heavy atom. The Labute approximate surface area is 86.1 Å². The molecule has 1 unspecified atom stereocenters. The number of hydrogen-bond donors (Lipinski definition) is 1. The first-order valence-corrected chi connectivity index (χ1v) is 5.31. The van der Waals surface area contributed by atoms with Gasteiger partial charge in [-0.05, 0) is 24.4 Å². The van der Waals surface area contributed by atoms with E-state index >= 15 is 0 Å². The lowest BCUT2D eigenvalue weighted by atomic mass is 10.2. The Balaban J connectivity index is 2.68. The van der Waals surface area contributed by atoms with Gasteiger partial charge in [0.15, 0.2) is 0 Å². The molecule has 0 bridgehead atoms. The third-order valence-electron chi connectivity index (χ3n) is 1.96. The Bertz CT molecular complexity index is 433. The van der Waals surface area contributed by atoms with Crippen LogP contribution in [0, 0.1) is 0 Å². The molecule has 1 heterocycles. The van der Waals surface area contributed by atoms with Gasteiger partial charge in [-0.25, -0.2) is 0 Å². The monoisotopic (exact) mass is 211 g/mol. The maximum absolute atomic E-state index is 6.04. The van der Waals surface area contributed by atoms with Crippen molar-refractivity contribution in [2.45, 2.75) is 13.0 Å². The summed E-state index contributed by atoms with van der Waals surface area (Å²) in [4.78, 5) is 1.18. The van der Waals surface area contributed by atoms with Crippen molar-refractivity contribution >= 4 is 33.0 Å². The van der Waals surface area contributed by atoms with Gasteiger partial charge in [-0.15, -0.1) is 11.3 Å². The van der Waals surface area contributed by atoms with Gasteiger partial charge in [0.1, 0.15) is 0 Å². The van der Waals surface area contributed by atoms with Crippen LogP contribution in [0.3, 0.4) is 0 Å². The van der Waals surface area contributed by atoms with E-state index in [-0.39, 0.29) is 6.04 Å². The summed E-state index contributed by atoms with van der Waals surface area (Å²) in [5.74, 6) is 0. The number of nitrogens with two attached hydrogens (primary N) is 1. The number of fused-ring (bicyclic) bond motifs is 1. The van der Waals surface area contributed by atoms with Crippen LogP contribution in [0.4, 0.5) is 0 Å². The molecule has 0 aliphatic carbocycles. The lowest BCUT2D eigenvalue weighted by Crippen LogP contribution is -2.01. The Morgan fingerprint density at radius 3 is 2.85 bits per heavy atom. The molecule has 13 heavy (non-hydrogen) atoms. The first-order chi connectivity index (χ1) is 6.18. The molecule has 2 aromatic rings. The molecule has 1 atom stereocenters. The van der Waals surface area contributed by atoms with Crippen molar-refractivity contribution < 1.29 is 0 Å². The highest BCUT2D eigenvalue weighted by molar-refractivity contribution is 7.19. The minimum Gasteiger partial charge on any atom is -0.324 e. The van der Waals surface area contributed by atoms with E-state index in [4.69, 9.17) is 17.3 Å². The first kappa shape index (κ1) is 9.00. The van der Waals surface area contributed by atoms with E-state index in [1.807, 2.05) is 19.1 Å². The Kier molecular flexibility index (Phi) is 2.28. The molecular formula is C10H10ClNS. The number of hydrogen-bond acceptors (Lipinski definition) is 2. The number of rotatable bonds is 1. The van der Waals surface area contributed by atoms with Crippen molar-refractivity contribution in [2.24, 2.45) is 5.73 Å². The fourth-order valence-electron chi connectivity index (χ4n) is 1.27. The molecule has 0 fully saturated rings. The second kappa shape index (κ2) is 3.29. The van der Waals surface area contributed by atoms with Crippen molar-refractivity contribution in [3.05, 3.63) is 34.2 Å². The largest absolute Gasteiger partial charge is 0.324 e. The lowest BCUT2D eigenvalue weighted by Gasteiger charge is -1.96. The highest BCUT2D eigenvalue weighted by Gasteiger charge is 2.07. The molecule has 0 spiro atoms.